The Kier molecular flexibility index (Phi) is 4.37. The number of ether oxygens (including phenoxy) is 1. The summed E-state index contributed by atoms with van der Waals surface area (Å²) in [6, 6.07) is 0. The Labute approximate surface area is 159 Å². The molecule has 7 heteroatoms. The van der Waals surface area contributed by atoms with Crippen LogP contribution in [0.5, 0.6) is 0 Å². The van der Waals surface area contributed by atoms with Crippen LogP contribution in [-0.4, -0.2) is 63.2 Å². The smallest absolute Gasteiger partial charge is 0.230 e. The Balaban J connectivity index is 1.51. The highest BCUT2D eigenvalue weighted by molar-refractivity contribution is 5.93. The lowest BCUT2D eigenvalue weighted by Crippen LogP contribution is -2.44. The van der Waals surface area contributed by atoms with Crippen molar-refractivity contribution in [3.05, 3.63) is 30.1 Å². The molecule has 2 fully saturated rings. The van der Waals surface area contributed by atoms with Crippen molar-refractivity contribution in [3.63, 3.8) is 0 Å². The molecular weight excluding hydrogens is 344 g/mol. The highest BCUT2D eigenvalue weighted by Crippen LogP contribution is 2.52. The van der Waals surface area contributed by atoms with Gasteiger partial charge in [0.2, 0.25) is 11.8 Å². The minimum atomic E-state index is -0.617. The molecule has 4 atom stereocenters. The zero-order chi connectivity index (χ0) is 19.3. The molecule has 3 aliphatic rings. The van der Waals surface area contributed by atoms with Crippen LogP contribution in [0.2, 0.25) is 0 Å². The van der Waals surface area contributed by atoms with Crippen LogP contribution in [0.3, 0.4) is 0 Å². The summed E-state index contributed by atoms with van der Waals surface area (Å²) in [5.74, 6) is -0.266. The fourth-order valence-corrected chi connectivity index (χ4v) is 4.62. The van der Waals surface area contributed by atoms with Crippen molar-refractivity contribution in [1.82, 2.24) is 19.6 Å². The van der Waals surface area contributed by atoms with Gasteiger partial charge >= 0.3 is 0 Å². The predicted molar refractivity (Wildman–Crippen MR) is 99.4 cm³/mol. The molecule has 0 aliphatic carbocycles. The van der Waals surface area contributed by atoms with E-state index in [-0.39, 0.29) is 17.9 Å². The van der Waals surface area contributed by atoms with Gasteiger partial charge in [-0.2, -0.15) is 5.10 Å². The molecule has 1 spiro atoms. The lowest BCUT2D eigenvalue weighted by molar-refractivity contribution is -0.142. The summed E-state index contributed by atoms with van der Waals surface area (Å²) in [7, 11) is 3.64. The Morgan fingerprint density at radius 2 is 2.26 bits per heavy atom. The average Bonchev–Trinajstić information content (AvgIpc) is 3.34. The molecule has 27 heavy (non-hydrogen) atoms. The van der Waals surface area contributed by atoms with Gasteiger partial charge in [-0.25, -0.2) is 0 Å². The van der Waals surface area contributed by atoms with E-state index in [0.29, 0.717) is 19.0 Å². The minimum absolute atomic E-state index is 0.0286. The Morgan fingerprint density at radius 3 is 2.93 bits per heavy atom. The first-order valence-electron chi connectivity index (χ1n) is 9.69. The SMILES string of the molecule is CC(C)CCN1C[C@]23C=C[C@H](O2)[C@H](C(=O)N(C)Cc2cnn(C)c2)[C@H]3C1=O. The van der Waals surface area contributed by atoms with Crippen LogP contribution < -0.4 is 0 Å². The van der Waals surface area contributed by atoms with Crippen LogP contribution in [0.4, 0.5) is 0 Å². The van der Waals surface area contributed by atoms with E-state index >= 15 is 0 Å². The molecule has 0 saturated carbocycles. The molecular formula is C20H28N4O3. The van der Waals surface area contributed by atoms with E-state index in [0.717, 1.165) is 18.5 Å². The number of nitrogens with zero attached hydrogens (tertiary/aromatic N) is 4. The Morgan fingerprint density at radius 1 is 1.48 bits per heavy atom. The molecule has 2 bridgehead atoms. The molecule has 7 nitrogen and oxygen atoms in total. The standard InChI is InChI=1S/C20H28N4O3/c1-13(2)6-8-24-12-20-7-5-15(27-20)16(17(20)19(24)26)18(25)22(3)10-14-9-21-23(4)11-14/h5,7,9,11,13,15-17H,6,8,10,12H2,1-4H3/t15-,16-,17-,20-/m0/s1. The van der Waals surface area contributed by atoms with Gasteiger partial charge in [0.05, 0.1) is 30.7 Å². The summed E-state index contributed by atoms with van der Waals surface area (Å²) in [4.78, 5) is 29.9. The largest absolute Gasteiger partial charge is 0.360 e. The van der Waals surface area contributed by atoms with E-state index < -0.39 is 17.4 Å². The zero-order valence-corrected chi connectivity index (χ0v) is 16.5. The lowest BCUT2D eigenvalue weighted by Gasteiger charge is -2.27. The summed E-state index contributed by atoms with van der Waals surface area (Å²) in [5.41, 5.74) is 0.354. The van der Waals surface area contributed by atoms with E-state index in [2.05, 4.69) is 18.9 Å². The number of aryl methyl sites for hydroxylation is 1. The van der Waals surface area contributed by atoms with E-state index in [1.807, 2.05) is 30.3 Å². The van der Waals surface area contributed by atoms with E-state index in [1.54, 1.807) is 22.8 Å². The monoisotopic (exact) mass is 372 g/mol. The van der Waals surface area contributed by atoms with E-state index in [4.69, 9.17) is 4.74 Å². The molecule has 3 aliphatic heterocycles. The zero-order valence-electron chi connectivity index (χ0n) is 16.5. The van der Waals surface area contributed by atoms with Crippen LogP contribution in [0.1, 0.15) is 25.8 Å². The Hall–Kier alpha value is -2.15. The number of amides is 2. The first-order valence-corrected chi connectivity index (χ1v) is 9.69. The molecule has 0 radical (unpaired) electrons. The summed E-state index contributed by atoms with van der Waals surface area (Å²) < 4.78 is 7.91. The average molecular weight is 372 g/mol. The van der Waals surface area contributed by atoms with Gasteiger partial charge in [-0.05, 0) is 12.3 Å². The van der Waals surface area contributed by atoms with Crippen molar-refractivity contribution in [2.75, 3.05) is 20.1 Å². The maximum Gasteiger partial charge on any atom is 0.230 e. The topological polar surface area (TPSA) is 67.7 Å². The molecule has 0 N–H and O–H groups in total. The van der Waals surface area contributed by atoms with Crippen LogP contribution in [0.25, 0.3) is 0 Å². The second-order valence-electron chi connectivity index (χ2n) is 8.56. The molecule has 4 heterocycles. The van der Waals surface area contributed by atoms with Gasteiger partial charge in [-0.3, -0.25) is 14.3 Å². The third-order valence-electron chi connectivity index (χ3n) is 5.99. The minimum Gasteiger partial charge on any atom is -0.360 e. The van der Waals surface area contributed by atoms with Crippen LogP contribution in [0.15, 0.2) is 24.5 Å². The first-order chi connectivity index (χ1) is 12.8. The van der Waals surface area contributed by atoms with Gasteiger partial charge in [-0.15, -0.1) is 0 Å². The molecule has 2 amide bonds. The van der Waals surface area contributed by atoms with Crippen LogP contribution >= 0.6 is 0 Å². The van der Waals surface area contributed by atoms with Gasteiger partial charge in [0, 0.05) is 38.9 Å². The van der Waals surface area contributed by atoms with Gasteiger partial charge in [0.25, 0.3) is 0 Å². The number of fused-ring (bicyclic) bond motifs is 1. The van der Waals surface area contributed by atoms with Crippen LogP contribution in [-0.2, 0) is 27.9 Å². The highest BCUT2D eigenvalue weighted by Gasteiger charge is 2.66. The van der Waals surface area contributed by atoms with Crippen molar-refractivity contribution in [3.8, 4) is 0 Å². The van der Waals surface area contributed by atoms with Gasteiger partial charge in [0.15, 0.2) is 0 Å². The fourth-order valence-electron chi connectivity index (χ4n) is 4.62. The predicted octanol–water partition coefficient (Wildman–Crippen LogP) is 1.21. The molecule has 0 unspecified atom stereocenters. The van der Waals surface area contributed by atoms with Crippen molar-refractivity contribution in [2.45, 2.75) is 38.5 Å². The van der Waals surface area contributed by atoms with Crippen molar-refractivity contribution in [1.29, 1.82) is 0 Å². The van der Waals surface area contributed by atoms with Crippen molar-refractivity contribution < 1.29 is 14.3 Å². The molecule has 4 rings (SSSR count). The quantitative estimate of drug-likeness (QED) is 0.704. The van der Waals surface area contributed by atoms with Crippen molar-refractivity contribution in [2.24, 2.45) is 24.8 Å². The molecule has 1 aromatic heterocycles. The molecule has 2 saturated heterocycles. The number of carbonyl (C=O) groups is 2. The molecule has 146 valence electrons. The summed E-state index contributed by atoms with van der Waals surface area (Å²) in [5, 5.41) is 4.16. The second kappa shape index (κ2) is 6.48. The lowest BCUT2D eigenvalue weighted by atomic mass is 9.76. The highest BCUT2D eigenvalue weighted by atomic mass is 16.5. The second-order valence-corrected chi connectivity index (χ2v) is 8.56. The number of rotatable bonds is 6. The number of aromatic nitrogens is 2. The maximum atomic E-state index is 13.2. The molecule has 0 aromatic carbocycles. The van der Waals surface area contributed by atoms with Gasteiger partial charge < -0.3 is 14.5 Å². The maximum absolute atomic E-state index is 13.2. The normalized spacial score (nSPS) is 31.2. The first kappa shape index (κ1) is 18.2. The fraction of sp³-hybridized carbons (Fsp3) is 0.650. The number of likely N-dealkylation sites (tertiary alicyclic amines) is 1. The van der Waals surface area contributed by atoms with Gasteiger partial charge in [0.1, 0.15) is 5.60 Å². The number of carbonyl (C=O) groups excluding carboxylic acids is 2. The Bertz CT molecular complexity index is 786. The summed E-state index contributed by atoms with van der Waals surface area (Å²) >= 11 is 0. The molecule has 1 aromatic rings. The van der Waals surface area contributed by atoms with E-state index in [9.17, 15) is 9.59 Å². The number of hydrogen-bond donors (Lipinski definition) is 0. The van der Waals surface area contributed by atoms with Gasteiger partial charge in [-0.1, -0.05) is 26.0 Å². The third kappa shape index (κ3) is 2.98. The third-order valence-corrected chi connectivity index (χ3v) is 5.99. The van der Waals surface area contributed by atoms with Crippen LogP contribution in [0, 0.1) is 17.8 Å². The summed E-state index contributed by atoms with van der Waals surface area (Å²) in [6.07, 6.45) is 8.31. The number of hydrogen-bond acceptors (Lipinski definition) is 4. The summed E-state index contributed by atoms with van der Waals surface area (Å²) in [6.45, 7) is 6.07. The van der Waals surface area contributed by atoms with E-state index in [1.165, 1.54) is 0 Å². The van der Waals surface area contributed by atoms with Crippen molar-refractivity contribution >= 4 is 11.8 Å².